The van der Waals surface area contributed by atoms with E-state index in [2.05, 4.69) is 0 Å². The first kappa shape index (κ1) is 19.8. The molecule has 0 aromatic heterocycles. The molecule has 26 heavy (non-hydrogen) atoms. The van der Waals surface area contributed by atoms with E-state index in [4.69, 9.17) is 27.5 Å². The number of nitrogens with two attached hydrogens (primary N) is 1. The largest absolute Gasteiger partial charge is 0.375 e. The van der Waals surface area contributed by atoms with Crippen LogP contribution in [0.2, 0.25) is 5.02 Å². The topological polar surface area (TPSA) is 82.7 Å². The van der Waals surface area contributed by atoms with E-state index in [0.29, 0.717) is 17.3 Å². The molecule has 3 N–H and O–H groups in total. The highest BCUT2D eigenvalue weighted by molar-refractivity contribution is 6.34. The first-order valence-electron chi connectivity index (χ1n) is 8.18. The highest BCUT2D eigenvalue weighted by Gasteiger charge is 2.23. The van der Waals surface area contributed by atoms with Crippen molar-refractivity contribution >= 4 is 29.3 Å². The van der Waals surface area contributed by atoms with Gasteiger partial charge in [0, 0.05) is 7.05 Å². The molecule has 2 aromatic rings. The maximum absolute atomic E-state index is 12.8. The lowest BCUT2D eigenvalue weighted by Crippen LogP contribution is -2.49. The van der Waals surface area contributed by atoms with Gasteiger partial charge in [-0.05, 0) is 24.1 Å². The minimum atomic E-state index is -0.433. The van der Waals surface area contributed by atoms with E-state index < -0.39 is 6.03 Å². The number of ether oxygens (including phenoxy) is 1. The Morgan fingerprint density at radius 2 is 1.88 bits per heavy atom. The standard InChI is InChI=1S/C19H23ClN4O2/c1-14-7-6-10-16(20)17(14)23(2)19(25)24(18(21)22)11-12-26-13-15-8-4-3-5-9-15/h3-10H,11-13H2,1-2H3,(H3,21,22). The first-order chi connectivity index (χ1) is 12.4. The van der Waals surface area contributed by atoms with Crippen molar-refractivity contribution in [1.82, 2.24) is 4.90 Å². The Bertz CT molecular complexity index is 747. The third-order valence-corrected chi connectivity index (χ3v) is 4.21. The Hall–Kier alpha value is -2.57. The smallest absolute Gasteiger partial charge is 0.331 e. The Morgan fingerprint density at radius 3 is 2.50 bits per heavy atom. The lowest BCUT2D eigenvalue weighted by Gasteiger charge is -2.28. The monoisotopic (exact) mass is 374 g/mol. The normalized spacial score (nSPS) is 10.4. The summed E-state index contributed by atoms with van der Waals surface area (Å²) >= 11 is 6.23. The van der Waals surface area contributed by atoms with Crippen molar-refractivity contribution in [1.29, 1.82) is 5.41 Å². The van der Waals surface area contributed by atoms with Crippen LogP contribution in [0.25, 0.3) is 0 Å². The molecule has 0 atom stereocenters. The summed E-state index contributed by atoms with van der Waals surface area (Å²) in [6.07, 6.45) is 0. The number of benzene rings is 2. The van der Waals surface area contributed by atoms with Gasteiger partial charge in [0.1, 0.15) is 0 Å². The second kappa shape index (κ2) is 9.22. The summed E-state index contributed by atoms with van der Waals surface area (Å²) < 4.78 is 5.59. The third-order valence-electron chi connectivity index (χ3n) is 3.90. The van der Waals surface area contributed by atoms with Crippen LogP contribution in [0.1, 0.15) is 11.1 Å². The highest BCUT2D eigenvalue weighted by Crippen LogP contribution is 2.29. The first-order valence-corrected chi connectivity index (χ1v) is 8.55. The summed E-state index contributed by atoms with van der Waals surface area (Å²) in [5, 5.41) is 8.18. The SMILES string of the molecule is Cc1cccc(Cl)c1N(C)C(=O)N(CCOCc1ccccc1)C(=N)N. The van der Waals surface area contributed by atoms with E-state index in [9.17, 15) is 4.79 Å². The maximum Gasteiger partial charge on any atom is 0.331 e. The van der Waals surface area contributed by atoms with Gasteiger partial charge in [0.15, 0.2) is 5.96 Å². The number of carbonyl (C=O) groups excluding carboxylic acids is 1. The lowest BCUT2D eigenvalue weighted by atomic mass is 10.2. The molecule has 2 amide bonds. The molecule has 0 spiro atoms. The summed E-state index contributed by atoms with van der Waals surface area (Å²) in [5.74, 6) is -0.338. The van der Waals surface area contributed by atoms with Gasteiger partial charge in [0.05, 0.1) is 30.5 Å². The Balaban J connectivity index is 1.99. The number of halogens is 1. The van der Waals surface area contributed by atoms with Crippen LogP contribution in [0.15, 0.2) is 48.5 Å². The average molecular weight is 375 g/mol. The molecule has 0 bridgehead atoms. The third kappa shape index (κ3) is 4.97. The molecule has 0 aliphatic rings. The van der Waals surface area contributed by atoms with Gasteiger partial charge in [-0.3, -0.25) is 15.2 Å². The Morgan fingerprint density at radius 1 is 1.19 bits per heavy atom. The van der Waals surface area contributed by atoms with Crippen LogP contribution >= 0.6 is 11.6 Å². The van der Waals surface area contributed by atoms with Crippen LogP contribution in [-0.2, 0) is 11.3 Å². The molecule has 6 nitrogen and oxygen atoms in total. The van der Waals surface area contributed by atoms with Gasteiger partial charge in [-0.2, -0.15) is 0 Å². The minimum absolute atomic E-state index is 0.175. The Labute approximate surface area is 158 Å². The van der Waals surface area contributed by atoms with Crippen molar-refractivity contribution < 1.29 is 9.53 Å². The number of para-hydroxylation sites is 1. The van der Waals surface area contributed by atoms with Gasteiger partial charge in [0.2, 0.25) is 0 Å². The lowest BCUT2D eigenvalue weighted by molar-refractivity contribution is 0.111. The molecule has 0 saturated heterocycles. The summed E-state index contributed by atoms with van der Waals surface area (Å²) in [6.45, 7) is 2.73. The molecule has 2 aromatic carbocycles. The van der Waals surface area contributed by atoms with E-state index in [-0.39, 0.29) is 19.1 Å². The number of anilines is 1. The van der Waals surface area contributed by atoms with Gasteiger partial charge >= 0.3 is 6.03 Å². The number of nitrogens with one attached hydrogen (secondary N) is 1. The molecular weight excluding hydrogens is 352 g/mol. The molecule has 2 rings (SSSR count). The summed E-state index contributed by atoms with van der Waals surface area (Å²) in [6, 6.07) is 14.7. The predicted octanol–water partition coefficient (Wildman–Crippen LogP) is 3.62. The Kier molecular flexibility index (Phi) is 7.00. The molecule has 0 fully saturated rings. The van der Waals surface area contributed by atoms with Crippen LogP contribution in [-0.4, -0.2) is 37.1 Å². The summed E-state index contributed by atoms with van der Waals surface area (Å²) in [5.41, 5.74) is 8.09. The van der Waals surface area contributed by atoms with Crippen LogP contribution in [0.4, 0.5) is 10.5 Å². The second-order valence-electron chi connectivity index (χ2n) is 5.82. The quantitative estimate of drug-likeness (QED) is 0.460. The molecule has 0 heterocycles. The van der Waals surface area contributed by atoms with E-state index in [1.165, 1.54) is 4.90 Å². The van der Waals surface area contributed by atoms with Gasteiger partial charge in [0.25, 0.3) is 0 Å². The number of hydrogen-bond acceptors (Lipinski definition) is 3. The summed E-state index contributed by atoms with van der Waals surface area (Å²) in [7, 11) is 1.61. The molecule has 0 aliphatic carbocycles. The number of aryl methyl sites for hydroxylation is 1. The number of guanidine groups is 1. The van der Waals surface area contributed by atoms with Gasteiger partial charge in [-0.1, -0.05) is 54.1 Å². The van der Waals surface area contributed by atoms with Crippen molar-refractivity contribution in [2.45, 2.75) is 13.5 Å². The minimum Gasteiger partial charge on any atom is -0.375 e. The van der Waals surface area contributed by atoms with E-state index >= 15 is 0 Å². The number of amides is 2. The molecule has 0 aliphatic heterocycles. The van der Waals surface area contributed by atoms with Gasteiger partial charge in [-0.25, -0.2) is 4.79 Å². The fourth-order valence-corrected chi connectivity index (χ4v) is 2.91. The van der Waals surface area contributed by atoms with E-state index in [0.717, 1.165) is 16.0 Å². The fraction of sp³-hybridized carbons (Fsp3) is 0.263. The maximum atomic E-state index is 12.8. The van der Waals surface area contributed by atoms with Gasteiger partial charge < -0.3 is 10.5 Å². The molecule has 7 heteroatoms. The highest BCUT2D eigenvalue weighted by atomic mass is 35.5. The number of urea groups is 1. The van der Waals surface area contributed by atoms with Crippen LogP contribution in [0.5, 0.6) is 0 Å². The zero-order valence-corrected chi connectivity index (χ0v) is 15.7. The van der Waals surface area contributed by atoms with Gasteiger partial charge in [-0.15, -0.1) is 0 Å². The fourth-order valence-electron chi connectivity index (χ4n) is 2.56. The van der Waals surface area contributed by atoms with E-state index in [1.54, 1.807) is 13.1 Å². The summed E-state index contributed by atoms with van der Waals surface area (Å²) in [4.78, 5) is 15.3. The molecule has 0 saturated carbocycles. The second-order valence-corrected chi connectivity index (χ2v) is 6.23. The number of rotatable bonds is 6. The number of hydrogen-bond donors (Lipinski definition) is 2. The van der Waals surface area contributed by atoms with Crippen LogP contribution < -0.4 is 10.6 Å². The predicted molar refractivity (Wildman–Crippen MR) is 105 cm³/mol. The van der Waals surface area contributed by atoms with Crippen molar-refractivity contribution in [2.75, 3.05) is 25.1 Å². The zero-order valence-electron chi connectivity index (χ0n) is 14.9. The molecule has 0 unspecified atom stereocenters. The van der Waals surface area contributed by atoms with Crippen molar-refractivity contribution in [3.05, 3.63) is 64.7 Å². The zero-order chi connectivity index (χ0) is 19.1. The van der Waals surface area contributed by atoms with Crippen molar-refractivity contribution in [2.24, 2.45) is 5.73 Å². The molecule has 0 radical (unpaired) electrons. The van der Waals surface area contributed by atoms with E-state index in [1.807, 2.05) is 49.4 Å². The van der Waals surface area contributed by atoms with Crippen LogP contribution in [0, 0.1) is 12.3 Å². The molecular formula is C19H23ClN4O2. The van der Waals surface area contributed by atoms with Crippen molar-refractivity contribution in [3.63, 3.8) is 0 Å². The van der Waals surface area contributed by atoms with Crippen LogP contribution in [0.3, 0.4) is 0 Å². The van der Waals surface area contributed by atoms with Crippen molar-refractivity contribution in [3.8, 4) is 0 Å². The number of carbonyl (C=O) groups is 1. The molecule has 138 valence electrons. The average Bonchev–Trinajstić information content (AvgIpc) is 2.61. The number of nitrogens with zero attached hydrogens (tertiary/aromatic N) is 2.